The molecule has 3 aromatic rings. The first kappa shape index (κ1) is 20.5. The number of nitrogens with one attached hydrogen (secondary N) is 1. The standard InChI is InChI=1S/C25H23NO5/c1-17(20-9-12-22-23(15-20)30-14-13-29-22)26-24(27)16-31-21-10-7-19(8-11-21)25(28)18-5-3-2-4-6-18/h2-12,15,17H,13-14,16H2,1H3,(H,26,27). The SMILES string of the molecule is CC(NC(=O)COc1ccc(C(=O)c2ccccc2)cc1)c1ccc2c(c1)OCCO2. The fraction of sp³-hybridized carbons (Fsp3) is 0.200. The average molecular weight is 417 g/mol. The van der Waals surface area contributed by atoms with Crippen LogP contribution in [0.15, 0.2) is 72.8 Å². The predicted octanol–water partition coefficient (Wildman–Crippen LogP) is 3.95. The van der Waals surface area contributed by atoms with E-state index in [0.29, 0.717) is 41.6 Å². The number of carbonyl (C=O) groups excluding carboxylic acids is 2. The summed E-state index contributed by atoms with van der Waals surface area (Å²) in [5.41, 5.74) is 2.11. The number of rotatable bonds is 7. The van der Waals surface area contributed by atoms with E-state index in [1.165, 1.54) is 0 Å². The van der Waals surface area contributed by atoms with Crippen molar-refractivity contribution in [3.8, 4) is 17.2 Å². The molecule has 31 heavy (non-hydrogen) atoms. The van der Waals surface area contributed by atoms with E-state index in [-0.39, 0.29) is 24.3 Å². The molecule has 4 rings (SSSR count). The zero-order chi connectivity index (χ0) is 21.6. The lowest BCUT2D eigenvalue weighted by molar-refractivity contribution is -0.123. The Bertz CT molecular complexity index is 1060. The number of fused-ring (bicyclic) bond motifs is 1. The van der Waals surface area contributed by atoms with Crippen molar-refractivity contribution in [2.24, 2.45) is 0 Å². The predicted molar refractivity (Wildman–Crippen MR) is 116 cm³/mol. The monoisotopic (exact) mass is 417 g/mol. The molecule has 3 aromatic carbocycles. The van der Waals surface area contributed by atoms with Gasteiger partial charge in [-0.3, -0.25) is 9.59 Å². The van der Waals surface area contributed by atoms with E-state index in [1.807, 2.05) is 43.3 Å². The third-order valence-corrected chi connectivity index (χ3v) is 4.97. The molecule has 0 saturated heterocycles. The zero-order valence-electron chi connectivity index (χ0n) is 17.2. The van der Waals surface area contributed by atoms with Crippen LogP contribution in [0.3, 0.4) is 0 Å². The molecule has 0 aliphatic carbocycles. The number of benzene rings is 3. The van der Waals surface area contributed by atoms with Crippen LogP contribution in [0.25, 0.3) is 0 Å². The zero-order valence-corrected chi connectivity index (χ0v) is 17.2. The summed E-state index contributed by atoms with van der Waals surface area (Å²) in [5, 5.41) is 2.91. The molecule has 1 atom stereocenters. The summed E-state index contributed by atoms with van der Waals surface area (Å²) >= 11 is 0. The molecule has 6 heteroatoms. The first-order valence-corrected chi connectivity index (χ1v) is 10.1. The van der Waals surface area contributed by atoms with Crippen LogP contribution < -0.4 is 19.5 Å². The normalized spacial score (nSPS) is 13.2. The van der Waals surface area contributed by atoms with Crippen LogP contribution >= 0.6 is 0 Å². The molecule has 0 fully saturated rings. The van der Waals surface area contributed by atoms with Gasteiger partial charge in [-0.2, -0.15) is 0 Å². The third-order valence-electron chi connectivity index (χ3n) is 4.97. The Morgan fingerprint density at radius 3 is 2.32 bits per heavy atom. The van der Waals surface area contributed by atoms with Crippen molar-refractivity contribution < 1.29 is 23.8 Å². The van der Waals surface area contributed by atoms with Crippen LogP contribution in [0.5, 0.6) is 17.2 Å². The Morgan fingerprint density at radius 1 is 0.903 bits per heavy atom. The average Bonchev–Trinajstić information content (AvgIpc) is 2.83. The maximum atomic E-state index is 12.4. The van der Waals surface area contributed by atoms with Gasteiger partial charge in [0, 0.05) is 11.1 Å². The number of hydrogen-bond acceptors (Lipinski definition) is 5. The van der Waals surface area contributed by atoms with Crippen LogP contribution in [0.2, 0.25) is 0 Å². The number of hydrogen-bond donors (Lipinski definition) is 1. The number of carbonyl (C=O) groups is 2. The molecule has 158 valence electrons. The highest BCUT2D eigenvalue weighted by Crippen LogP contribution is 2.32. The van der Waals surface area contributed by atoms with E-state index >= 15 is 0 Å². The largest absolute Gasteiger partial charge is 0.486 e. The van der Waals surface area contributed by atoms with Crippen LogP contribution in [0.1, 0.15) is 34.5 Å². The molecular formula is C25H23NO5. The lowest BCUT2D eigenvalue weighted by Gasteiger charge is -2.21. The Kier molecular flexibility index (Phi) is 6.17. The molecule has 0 spiro atoms. The van der Waals surface area contributed by atoms with Gasteiger partial charge < -0.3 is 19.5 Å². The van der Waals surface area contributed by atoms with E-state index in [0.717, 1.165) is 5.56 Å². The second-order valence-corrected chi connectivity index (χ2v) is 7.20. The second-order valence-electron chi connectivity index (χ2n) is 7.20. The van der Waals surface area contributed by atoms with Gasteiger partial charge in [0.1, 0.15) is 19.0 Å². The first-order valence-electron chi connectivity index (χ1n) is 10.1. The summed E-state index contributed by atoms with van der Waals surface area (Å²) in [7, 11) is 0. The van der Waals surface area contributed by atoms with E-state index < -0.39 is 0 Å². The third kappa shape index (κ3) is 5.04. The van der Waals surface area contributed by atoms with Gasteiger partial charge in [0.2, 0.25) is 0 Å². The number of ether oxygens (including phenoxy) is 3. The molecule has 0 aromatic heterocycles. The minimum Gasteiger partial charge on any atom is -0.486 e. The lowest BCUT2D eigenvalue weighted by Crippen LogP contribution is -2.31. The molecule has 1 unspecified atom stereocenters. The molecular weight excluding hydrogens is 394 g/mol. The molecule has 1 aliphatic heterocycles. The minimum atomic E-state index is -0.244. The van der Waals surface area contributed by atoms with Crippen LogP contribution in [0, 0.1) is 0 Å². The highest BCUT2D eigenvalue weighted by molar-refractivity contribution is 6.08. The van der Waals surface area contributed by atoms with Gasteiger partial charge in [0.05, 0.1) is 6.04 Å². The van der Waals surface area contributed by atoms with Gasteiger partial charge in [-0.1, -0.05) is 36.4 Å². The first-order chi connectivity index (χ1) is 15.1. The van der Waals surface area contributed by atoms with Crippen molar-refractivity contribution >= 4 is 11.7 Å². The lowest BCUT2D eigenvalue weighted by atomic mass is 10.0. The quantitative estimate of drug-likeness (QED) is 0.590. The van der Waals surface area contributed by atoms with Crippen LogP contribution in [-0.4, -0.2) is 31.5 Å². The Labute approximate surface area is 180 Å². The van der Waals surface area contributed by atoms with Crippen LogP contribution in [-0.2, 0) is 4.79 Å². The van der Waals surface area contributed by atoms with Crippen LogP contribution in [0.4, 0.5) is 0 Å². The summed E-state index contributed by atoms with van der Waals surface area (Å²) < 4.78 is 16.7. The second kappa shape index (κ2) is 9.34. The topological polar surface area (TPSA) is 73.9 Å². The minimum absolute atomic E-state index is 0.0573. The molecule has 1 aliphatic rings. The highest BCUT2D eigenvalue weighted by atomic mass is 16.6. The Morgan fingerprint density at radius 2 is 1.58 bits per heavy atom. The van der Waals surface area contributed by atoms with Crippen molar-refractivity contribution in [2.75, 3.05) is 19.8 Å². The van der Waals surface area contributed by atoms with E-state index in [4.69, 9.17) is 14.2 Å². The van der Waals surface area contributed by atoms with E-state index in [9.17, 15) is 9.59 Å². The maximum Gasteiger partial charge on any atom is 0.258 e. The van der Waals surface area contributed by atoms with Gasteiger partial charge in [0.25, 0.3) is 5.91 Å². The maximum absolute atomic E-state index is 12.4. The number of ketones is 1. The van der Waals surface area contributed by atoms with Crippen molar-refractivity contribution in [1.29, 1.82) is 0 Å². The fourth-order valence-electron chi connectivity index (χ4n) is 3.30. The molecule has 0 radical (unpaired) electrons. The summed E-state index contributed by atoms with van der Waals surface area (Å²) in [4.78, 5) is 24.8. The van der Waals surface area contributed by atoms with Gasteiger partial charge in [-0.15, -0.1) is 0 Å². The molecule has 6 nitrogen and oxygen atoms in total. The molecule has 0 saturated carbocycles. The van der Waals surface area contributed by atoms with Crippen molar-refractivity contribution in [2.45, 2.75) is 13.0 Å². The number of amides is 1. The Balaban J connectivity index is 1.30. The summed E-state index contributed by atoms with van der Waals surface area (Å²) in [6.45, 7) is 2.83. The van der Waals surface area contributed by atoms with Gasteiger partial charge in [-0.05, 0) is 48.9 Å². The molecule has 0 bridgehead atoms. The molecule has 1 amide bonds. The van der Waals surface area contributed by atoms with E-state index in [2.05, 4.69) is 5.32 Å². The smallest absolute Gasteiger partial charge is 0.258 e. The highest BCUT2D eigenvalue weighted by Gasteiger charge is 2.16. The summed E-state index contributed by atoms with van der Waals surface area (Å²) in [6.07, 6.45) is 0. The van der Waals surface area contributed by atoms with Gasteiger partial charge in [-0.25, -0.2) is 0 Å². The fourth-order valence-corrected chi connectivity index (χ4v) is 3.30. The van der Waals surface area contributed by atoms with E-state index in [1.54, 1.807) is 36.4 Å². The summed E-state index contributed by atoms with van der Waals surface area (Å²) in [5.74, 6) is 1.62. The summed E-state index contributed by atoms with van der Waals surface area (Å²) in [6, 6.07) is 21.3. The Hall–Kier alpha value is -3.80. The van der Waals surface area contributed by atoms with Gasteiger partial charge in [0.15, 0.2) is 23.9 Å². The van der Waals surface area contributed by atoms with Crippen molar-refractivity contribution in [1.82, 2.24) is 5.32 Å². The molecule has 1 heterocycles. The molecule has 1 N–H and O–H groups in total. The van der Waals surface area contributed by atoms with Gasteiger partial charge >= 0.3 is 0 Å². The van der Waals surface area contributed by atoms with Crippen molar-refractivity contribution in [3.63, 3.8) is 0 Å². The van der Waals surface area contributed by atoms with Crippen molar-refractivity contribution in [3.05, 3.63) is 89.5 Å².